The third-order valence-electron chi connectivity index (χ3n) is 11.4. The molecule has 0 fully saturated rings. The lowest BCUT2D eigenvalue weighted by atomic mass is 9.95. The minimum Gasteiger partial charge on any atom is -0.465 e. The number of rotatable bonds is 44. The highest BCUT2D eigenvalue weighted by atomic mass is 16.5. The molecule has 0 aromatic carbocycles. The predicted molar refractivity (Wildman–Crippen MR) is 232 cm³/mol. The van der Waals surface area contributed by atoms with Gasteiger partial charge in [0, 0.05) is 19.4 Å². The molecule has 0 rings (SSSR count). The second kappa shape index (κ2) is 43.0. The van der Waals surface area contributed by atoms with E-state index < -0.39 is 0 Å². The molecule has 0 amide bonds. The summed E-state index contributed by atoms with van der Waals surface area (Å²) in [5, 5.41) is 9.32. The SMILES string of the molecule is CCCCCCCCC(CCCCCC)COC(=O)CCCCCN(CCCCO)CCCCCC(=O)OC[C@@H](CCCCCC)CCCCCCCC. The van der Waals surface area contributed by atoms with E-state index in [0.717, 1.165) is 71.0 Å². The first-order chi connectivity index (χ1) is 26.5. The summed E-state index contributed by atoms with van der Waals surface area (Å²) < 4.78 is 11.6. The number of carbonyl (C=O) groups excluding carboxylic acids is 2. The molecule has 0 aromatic heterocycles. The highest BCUT2D eigenvalue weighted by molar-refractivity contribution is 5.69. The average Bonchev–Trinajstić information content (AvgIpc) is 3.17. The highest BCUT2D eigenvalue weighted by Gasteiger charge is 2.14. The number of unbranched alkanes of at least 4 members (excludes halogenated alkanes) is 21. The molecule has 0 heterocycles. The summed E-state index contributed by atoms with van der Waals surface area (Å²) in [5.41, 5.74) is 0. The van der Waals surface area contributed by atoms with Crippen molar-refractivity contribution >= 4 is 11.9 Å². The van der Waals surface area contributed by atoms with Gasteiger partial charge in [0.05, 0.1) is 13.2 Å². The van der Waals surface area contributed by atoms with Crippen molar-refractivity contribution in [3.63, 3.8) is 0 Å². The van der Waals surface area contributed by atoms with Crippen molar-refractivity contribution in [3.05, 3.63) is 0 Å². The maximum atomic E-state index is 12.6. The number of nitrogens with zero attached hydrogens (tertiary/aromatic N) is 1. The van der Waals surface area contributed by atoms with Crippen LogP contribution in [0.2, 0.25) is 0 Å². The van der Waals surface area contributed by atoms with Gasteiger partial charge in [-0.3, -0.25) is 9.59 Å². The molecule has 0 aliphatic carbocycles. The van der Waals surface area contributed by atoms with Gasteiger partial charge in [-0.25, -0.2) is 0 Å². The zero-order valence-electron chi connectivity index (χ0n) is 37.0. The van der Waals surface area contributed by atoms with Crippen molar-refractivity contribution < 1.29 is 24.2 Å². The van der Waals surface area contributed by atoms with E-state index in [0.29, 0.717) is 37.9 Å². The summed E-state index contributed by atoms with van der Waals surface area (Å²) in [4.78, 5) is 27.8. The van der Waals surface area contributed by atoms with Gasteiger partial charge in [-0.15, -0.1) is 0 Å². The van der Waals surface area contributed by atoms with Crippen molar-refractivity contribution in [1.29, 1.82) is 0 Å². The van der Waals surface area contributed by atoms with Crippen LogP contribution in [0.1, 0.15) is 246 Å². The summed E-state index contributed by atoms with van der Waals surface area (Å²) in [5.74, 6) is 1.00. The summed E-state index contributed by atoms with van der Waals surface area (Å²) in [6.07, 6.45) is 39.7. The van der Waals surface area contributed by atoms with Gasteiger partial charge in [0.2, 0.25) is 0 Å². The van der Waals surface area contributed by atoms with Gasteiger partial charge in [0.1, 0.15) is 0 Å². The number of esters is 2. The molecule has 0 bridgehead atoms. The summed E-state index contributed by atoms with van der Waals surface area (Å²) >= 11 is 0. The third kappa shape index (κ3) is 37.8. The van der Waals surface area contributed by atoms with Crippen LogP contribution in [-0.4, -0.2) is 61.4 Å². The summed E-state index contributed by atoms with van der Waals surface area (Å²) in [6.45, 7) is 13.6. The van der Waals surface area contributed by atoms with E-state index in [-0.39, 0.29) is 18.5 Å². The maximum absolute atomic E-state index is 12.6. The van der Waals surface area contributed by atoms with Crippen LogP contribution in [0.3, 0.4) is 0 Å². The van der Waals surface area contributed by atoms with Gasteiger partial charge in [-0.05, 0) is 95.7 Å². The van der Waals surface area contributed by atoms with E-state index >= 15 is 0 Å². The molecule has 0 aliphatic rings. The Kier molecular flexibility index (Phi) is 42.1. The smallest absolute Gasteiger partial charge is 0.305 e. The summed E-state index contributed by atoms with van der Waals surface area (Å²) in [6, 6.07) is 0. The van der Waals surface area contributed by atoms with E-state index in [1.54, 1.807) is 0 Å². The van der Waals surface area contributed by atoms with Crippen molar-refractivity contribution in [2.24, 2.45) is 11.8 Å². The number of aliphatic hydroxyl groups excluding tert-OH is 1. The van der Waals surface area contributed by atoms with Crippen LogP contribution in [0.15, 0.2) is 0 Å². The van der Waals surface area contributed by atoms with Gasteiger partial charge in [0.15, 0.2) is 0 Å². The van der Waals surface area contributed by atoms with Crippen LogP contribution in [0.4, 0.5) is 0 Å². The standard InChI is InChI=1S/C48H95NO5/c1-5-9-13-17-19-25-35-45(33-23-15-11-7-3)43-53-47(51)37-27-21-29-39-49(41-31-32-42-50)40-30-22-28-38-48(52)54-44-46(34-24-16-12-8-4)36-26-20-18-14-10-6-2/h45-46,50H,5-44H2,1-4H3/t45-,46?/m0/s1. The molecule has 0 saturated carbocycles. The second-order valence-corrected chi connectivity index (χ2v) is 16.8. The minimum absolute atomic E-state index is 0.0184. The monoisotopic (exact) mass is 766 g/mol. The van der Waals surface area contributed by atoms with Crippen LogP contribution >= 0.6 is 0 Å². The van der Waals surface area contributed by atoms with E-state index in [1.165, 1.54) is 154 Å². The zero-order chi connectivity index (χ0) is 39.6. The molecular formula is C48H95NO5. The molecule has 1 N–H and O–H groups in total. The molecule has 0 aromatic rings. The number of ether oxygens (including phenoxy) is 2. The number of aliphatic hydroxyl groups is 1. The van der Waals surface area contributed by atoms with Gasteiger partial charge in [-0.2, -0.15) is 0 Å². The Morgan fingerprint density at radius 3 is 1.06 bits per heavy atom. The Labute approximate surface area is 337 Å². The van der Waals surface area contributed by atoms with Crippen molar-refractivity contribution in [2.45, 2.75) is 246 Å². The molecule has 2 atom stereocenters. The molecule has 1 unspecified atom stereocenters. The first-order valence-electron chi connectivity index (χ1n) is 24.1. The topological polar surface area (TPSA) is 76.1 Å². The van der Waals surface area contributed by atoms with Crippen LogP contribution in [0, 0.1) is 11.8 Å². The van der Waals surface area contributed by atoms with Crippen LogP contribution in [-0.2, 0) is 19.1 Å². The molecule has 6 heteroatoms. The van der Waals surface area contributed by atoms with Gasteiger partial charge in [-0.1, -0.05) is 169 Å². The molecule has 322 valence electrons. The van der Waals surface area contributed by atoms with Gasteiger partial charge >= 0.3 is 11.9 Å². The Morgan fingerprint density at radius 2 is 0.704 bits per heavy atom. The molecule has 6 nitrogen and oxygen atoms in total. The predicted octanol–water partition coefficient (Wildman–Crippen LogP) is 13.9. The summed E-state index contributed by atoms with van der Waals surface area (Å²) in [7, 11) is 0. The van der Waals surface area contributed by atoms with E-state index in [2.05, 4.69) is 32.6 Å². The average molecular weight is 766 g/mol. The molecule has 54 heavy (non-hydrogen) atoms. The maximum Gasteiger partial charge on any atom is 0.305 e. The van der Waals surface area contributed by atoms with Crippen molar-refractivity contribution in [2.75, 3.05) is 39.5 Å². The van der Waals surface area contributed by atoms with Crippen LogP contribution in [0.5, 0.6) is 0 Å². The van der Waals surface area contributed by atoms with Crippen LogP contribution in [0.25, 0.3) is 0 Å². The quantitative estimate of drug-likeness (QED) is 0.0492. The molecule has 0 spiro atoms. The first kappa shape index (κ1) is 52.9. The van der Waals surface area contributed by atoms with Crippen molar-refractivity contribution in [1.82, 2.24) is 4.90 Å². The number of carbonyl (C=O) groups is 2. The second-order valence-electron chi connectivity index (χ2n) is 16.8. The van der Waals surface area contributed by atoms with Crippen molar-refractivity contribution in [3.8, 4) is 0 Å². The largest absolute Gasteiger partial charge is 0.465 e. The van der Waals surface area contributed by atoms with Gasteiger partial charge in [0.25, 0.3) is 0 Å². The highest BCUT2D eigenvalue weighted by Crippen LogP contribution is 2.21. The lowest BCUT2D eigenvalue weighted by Crippen LogP contribution is -2.27. The van der Waals surface area contributed by atoms with E-state index in [4.69, 9.17) is 9.47 Å². The molecule has 0 radical (unpaired) electrons. The number of hydrogen-bond donors (Lipinski definition) is 1. The fraction of sp³-hybridized carbons (Fsp3) is 0.958. The molecule has 0 aliphatic heterocycles. The lowest BCUT2D eigenvalue weighted by molar-refractivity contribution is -0.146. The van der Waals surface area contributed by atoms with Crippen LogP contribution < -0.4 is 0 Å². The van der Waals surface area contributed by atoms with E-state index in [9.17, 15) is 14.7 Å². The molecular weight excluding hydrogens is 671 g/mol. The Balaban J connectivity index is 4.39. The third-order valence-corrected chi connectivity index (χ3v) is 11.4. The minimum atomic E-state index is -0.0184. The number of hydrogen-bond acceptors (Lipinski definition) is 6. The fourth-order valence-electron chi connectivity index (χ4n) is 7.68. The molecule has 0 saturated heterocycles. The fourth-order valence-corrected chi connectivity index (χ4v) is 7.68. The Morgan fingerprint density at radius 1 is 0.407 bits per heavy atom. The van der Waals surface area contributed by atoms with Gasteiger partial charge < -0.3 is 19.5 Å². The van der Waals surface area contributed by atoms with E-state index in [1.807, 2.05) is 0 Å². The Bertz CT molecular complexity index is 718. The Hall–Kier alpha value is -1.14. The normalized spacial score (nSPS) is 12.7. The zero-order valence-corrected chi connectivity index (χ0v) is 37.0. The first-order valence-corrected chi connectivity index (χ1v) is 24.1. The lowest BCUT2D eigenvalue weighted by Gasteiger charge is -2.22.